The van der Waals surface area contributed by atoms with Gasteiger partial charge in [-0.15, -0.1) is 0 Å². The Bertz CT molecular complexity index is 360. The zero-order valence-electron chi connectivity index (χ0n) is 9.37. The van der Waals surface area contributed by atoms with Crippen LogP contribution in [0, 0.1) is 0 Å². The smallest absolute Gasteiger partial charge is 0.252 e. The van der Waals surface area contributed by atoms with Crippen molar-refractivity contribution >= 4 is 33.6 Å². The van der Waals surface area contributed by atoms with Crippen LogP contribution in [-0.2, 0) is 0 Å². The number of carbonyl (C=O) groups excluding carboxylic acids is 1. The summed E-state index contributed by atoms with van der Waals surface area (Å²) < 4.78 is 0.817. The maximum absolute atomic E-state index is 11.7. The number of nitrogens with one attached hydrogen (secondary N) is 1. The van der Waals surface area contributed by atoms with Crippen LogP contribution in [0.25, 0.3) is 0 Å². The summed E-state index contributed by atoms with van der Waals surface area (Å²) in [6, 6.07) is 1.76. The van der Waals surface area contributed by atoms with Crippen molar-refractivity contribution in [1.29, 1.82) is 0 Å². The molecule has 1 rings (SSSR count). The van der Waals surface area contributed by atoms with Gasteiger partial charge >= 0.3 is 0 Å². The number of thioether (sulfide) groups is 1. The molecule has 0 saturated heterocycles. The van der Waals surface area contributed by atoms with E-state index < -0.39 is 0 Å². The summed E-state index contributed by atoms with van der Waals surface area (Å²) in [4.78, 5) is 15.6. The average Bonchev–Trinajstić information content (AvgIpc) is 2.28. The van der Waals surface area contributed by atoms with E-state index >= 15 is 0 Å². The molecule has 0 bridgehead atoms. The quantitative estimate of drug-likeness (QED) is 0.909. The molecular formula is C11H15BrN2OS. The normalized spacial score (nSPS) is 12.2. The number of amides is 1. The number of carbonyl (C=O) groups is 1. The molecule has 16 heavy (non-hydrogen) atoms. The highest BCUT2D eigenvalue weighted by molar-refractivity contribution is 9.10. The largest absolute Gasteiger partial charge is 0.352 e. The highest BCUT2D eigenvalue weighted by Gasteiger charge is 2.06. The molecule has 0 aromatic carbocycles. The van der Waals surface area contributed by atoms with E-state index in [1.54, 1.807) is 30.2 Å². The molecule has 0 radical (unpaired) electrons. The molecule has 1 unspecified atom stereocenters. The zero-order chi connectivity index (χ0) is 12.0. The fraction of sp³-hybridized carbons (Fsp3) is 0.455. The van der Waals surface area contributed by atoms with Gasteiger partial charge in [-0.1, -0.05) is 6.92 Å². The van der Waals surface area contributed by atoms with Gasteiger partial charge in [-0.25, -0.2) is 0 Å². The summed E-state index contributed by atoms with van der Waals surface area (Å²) in [5, 5.41) is 3.45. The van der Waals surface area contributed by atoms with Crippen molar-refractivity contribution < 1.29 is 4.79 Å². The molecule has 3 nitrogen and oxygen atoms in total. The van der Waals surface area contributed by atoms with E-state index in [4.69, 9.17) is 0 Å². The molecule has 0 spiro atoms. The minimum atomic E-state index is -0.0675. The standard InChI is InChI=1S/C11H15BrN2OS/c1-8(16-2)3-4-14-11(15)9-5-10(12)7-13-6-9/h5-8H,3-4H2,1-2H3,(H,14,15). The van der Waals surface area contributed by atoms with Gasteiger partial charge in [0.15, 0.2) is 0 Å². The maximum Gasteiger partial charge on any atom is 0.252 e. The van der Waals surface area contributed by atoms with Crippen LogP contribution in [0.3, 0.4) is 0 Å². The van der Waals surface area contributed by atoms with Gasteiger partial charge in [0.2, 0.25) is 0 Å². The highest BCUT2D eigenvalue weighted by atomic mass is 79.9. The van der Waals surface area contributed by atoms with Crippen LogP contribution in [0.4, 0.5) is 0 Å². The molecule has 0 fully saturated rings. The SMILES string of the molecule is CSC(C)CCNC(=O)c1cncc(Br)c1. The molecule has 88 valence electrons. The van der Waals surface area contributed by atoms with Crippen LogP contribution in [-0.4, -0.2) is 28.9 Å². The molecule has 0 aliphatic carbocycles. The third-order valence-electron chi connectivity index (χ3n) is 2.21. The zero-order valence-corrected chi connectivity index (χ0v) is 11.8. The maximum atomic E-state index is 11.7. The number of hydrogen-bond acceptors (Lipinski definition) is 3. The number of pyridine rings is 1. The molecule has 5 heteroatoms. The summed E-state index contributed by atoms with van der Waals surface area (Å²) in [7, 11) is 0. The van der Waals surface area contributed by atoms with Crippen LogP contribution < -0.4 is 5.32 Å². The van der Waals surface area contributed by atoms with Crippen molar-refractivity contribution in [3.8, 4) is 0 Å². The lowest BCUT2D eigenvalue weighted by Crippen LogP contribution is -2.26. The Kier molecular flexibility index (Phi) is 5.84. The van der Waals surface area contributed by atoms with E-state index in [0.717, 1.165) is 10.9 Å². The van der Waals surface area contributed by atoms with E-state index in [-0.39, 0.29) is 5.91 Å². The Labute approximate surface area is 109 Å². The summed E-state index contributed by atoms with van der Waals surface area (Å²) in [5.41, 5.74) is 0.589. The topological polar surface area (TPSA) is 42.0 Å². The lowest BCUT2D eigenvalue weighted by molar-refractivity contribution is 0.0953. The van der Waals surface area contributed by atoms with Crippen molar-refractivity contribution in [2.75, 3.05) is 12.8 Å². The summed E-state index contributed by atoms with van der Waals surface area (Å²) in [6.45, 7) is 2.85. The number of aromatic nitrogens is 1. The minimum absolute atomic E-state index is 0.0675. The van der Waals surface area contributed by atoms with Gasteiger partial charge in [-0.3, -0.25) is 9.78 Å². The van der Waals surface area contributed by atoms with Crippen LogP contribution >= 0.6 is 27.7 Å². The first-order chi connectivity index (χ1) is 7.63. The van der Waals surface area contributed by atoms with Crippen LogP contribution in [0.15, 0.2) is 22.9 Å². The molecule has 1 aromatic heterocycles. The van der Waals surface area contributed by atoms with Gasteiger partial charge < -0.3 is 5.32 Å². The molecule has 1 atom stereocenters. The number of rotatable bonds is 5. The second kappa shape index (κ2) is 6.91. The Morgan fingerprint density at radius 1 is 1.62 bits per heavy atom. The Morgan fingerprint density at radius 3 is 3.00 bits per heavy atom. The van der Waals surface area contributed by atoms with Gasteiger partial charge in [0, 0.05) is 28.7 Å². The van der Waals surface area contributed by atoms with Crippen LogP contribution in [0.5, 0.6) is 0 Å². The number of hydrogen-bond donors (Lipinski definition) is 1. The second-order valence-corrected chi connectivity index (χ2v) is 5.67. The van der Waals surface area contributed by atoms with Crippen LogP contribution in [0.1, 0.15) is 23.7 Å². The fourth-order valence-electron chi connectivity index (χ4n) is 1.14. The predicted molar refractivity (Wildman–Crippen MR) is 71.9 cm³/mol. The fourth-order valence-corrected chi connectivity index (χ4v) is 1.86. The Morgan fingerprint density at radius 2 is 2.38 bits per heavy atom. The van der Waals surface area contributed by atoms with E-state index in [2.05, 4.69) is 39.4 Å². The first-order valence-corrected chi connectivity index (χ1v) is 7.13. The summed E-state index contributed by atoms with van der Waals surface area (Å²) in [5.74, 6) is -0.0675. The van der Waals surface area contributed by atoms with E-state index in [1.165, 1.54) is 0 Å². The van der Waals surface area contributed by atoms with Gasteiger partial charge in [0.05, 0.1) is 5.56 Å². The predicted octanol–water partition coefficient (Wildman–Crippen LogP) is 2.72. The Balaban J connectivity index is 2.41. The molecule has 1 aromatic rings. The third kappa shape index (κ3) is 4.53. The van der Waals surface area contributed by atoms with Gasteiger partial charge in [-0.05, 0) is 34.7 Å². The van der Waals surface area contributed by atoms with Crippen molar-refractivity contribution in [1.82, 2.24) is 10.3 Å². The van der Waals surface area contributed by atoms with E-state index in [0.29, 0.717) is 17.4 Å². The van der Waals surface area contributed by atoms with Gasteiger partial charge in [0.25, 0.3) is 5.91 Å². The first-order valence-electron chi connectivity index (χ1n) is 5.05. The minimum Gasteiger partial charge on any atom is -0.352 e. The summed E-state index contributed by atoms with van der Waals surface area (Å²) in [6.07, 6.45) is 6.28. The van der Waals surface area contributed by atoms with Gasteiger partial charge in [-0.2, -0.15) is 11.8 Å². The molecule has 1 N–H and O–H groups in total. The highest BCUT2D eigenvalue weighted by Crippen LogP contribution is 2.10. The van der Waals surface area contributed by atoms with Crippen molar-refractivity contribution in [2.24, 2.45) is 0 Å². The van der Waals surface area contributed by atoms with Crippen LogP contribution in [0.2, 0.25) is 0 Å². The number of halogens is 1. The first kappa shape index (κ1) is 13.5. The van der Waals surface area contributed by atoms with Crippen molar-refractivity contribution in [2.45, 2.75) is 18.6 Å². The van der Waals surface area contributed by atoms with E-state index in [1.807, 2.05) is 0 Å². The monoisotopic (exact) mass is 302 g/mol. The van der Waals surface area contributed by atoms with Crippen molar-refractivity contribution in [3.05, 3.63) is 28.5 Å². The summed E-state index contributed by atoms with van der Waals surface area (Å²) >= 11 is 5.09. The Hall–Kier alpha value is -0.550. The lowest BCUT2D eigenvalue weighted by atomic mass is 10.2. The lowest BCUT2D eigenvalue weighted by Gasteiger charge is -2.09. The van der Waals surface area contributed by atoms with Gasteiger partial charge in [0.1, 0.15) is 0 Å². The molecular weight excluding hydrogens is 288 g/mol. The molecule has 1 heterocycles. The molecule has 0 aliphatic rings. The second-order valence-electron chi connectivity index (χ2n) is 3.48. The molecule has 0 aliphatic heterocycles. The molecule has 1 amide bonds. The third-order valence-corrected chi connectivity index (χ3v) is 3.68. The average molecular weight is 303 g/mol. The van der Waals surface area contributed by atoms with Crippen molar-refractivity contribution in [3.63, 3.8) is 0 Å². The number of nitrogens with zero attached hydrogens (tertiary/aromatic N) is 1. The molecule has 0 saturated carbocycles. The van der Waals surface area contributed by atoms with E-state index in [9.17, 15) is 4.79 Å².